The number of sulfone groups is 1. The lowest BCUT2D eigenvalue weighted by Gasteiger charge is -2.09. The predicted octanol–water partition coefficient (Wildman–Crippen LogP) is 3.36. The van der Waals surface area contributed by atoms with E-state index in [9.17, 15) is 21.6 Å². The van der Waals surface area contributed by atoms with Crippen LogP contribution in [0, 0.1) is 6.92 Å². The Morgan fingerprint density at radius 2 is 1.86 bits per heavy atom. The number of hydrogen-bond acceptors (Lipinski definition) is 5. The van der Waals surface area contributed by atoms with Crippen LogP contribution in [0.5, 0.6) is 0 Å². The van der Waals surface area contributed by atoms with Crippen molar-refractivity contribution in [3.05, 3.63) is 40.3 Å². The highest BCUT2D eigenvalue weighted by Crippen LogP contribution is 2.30. The van der Waals surface area contributed by atoms with Crippen molar-refractivity contribution in [2.24, 2.45) is 0 Å². The first-order chi connectivity index (χ1) is 9.70. The Balaban J connectivity index is 2.09. The number of rotatable bonds is 4. The number of nitrogens with one attached hydrogen (secondary N) is 1. The number of aryl methyl sites for hydroxylation is 1. The van der Waals surface area contributed by atoms with Gasteiger partial charge in [0.15, 0.2) is 0 Å². The maximum Gasteiger partial charge on any atom is 0.501 e. The molecule has 4 nitrogen and oxygen atoms in total. The average molecular weight is 336 g/mol. The third-order valence-corrected chi connectivity index (χ3v) is 4.93. The van der Waals surface area contributed by atoms with E-state index in [1.54, 1.807) is 0 Å². The molecule has 0 aliphatic heterocycles. The molecule has 0 radical (unpaired) electrons. The highest BCUT2D eigenvalue weighted by atomic mass is 32.2. The van der Waals surface area contributed by atoms with Gasteiger partial charge in [0.1, 0.15) is 0 Å². The molecule has 0 saturated heterocycles. The van der Waals surface area contributed by atoms with Crippen LogP contribution in [-0.2, 0) is 16.4 Å². The zero-order valence-corrected chi connectivity index (χ0v) is 12.4. The monoisotopic (exact) mass is 336 g/mol. The highest BCUT2D eigenvalue weighted by molar-refractivity contribution is 7.92. The molecular formula is C12H11F3N2O2S2. The fourth-order valence-electron chi connectivity index (χ4n) is 1.57. The fraction of sp³-hybridized carbons (Fsp3) is 0.250. The average Bonchev–Trinajstić information content (AvgIpc) is 2.81. The summed E-state index contributed by atoms with van der Waals surface area (Å²) < 4.78 is 59.5. The first kappa shape index (κ1) is 15.8. The summed E-state index contributed by atoms with van der Waals surface area (Å²) in [5.41, 5.74) is -3.97. The molecule has 1 N–H and O–H groups in total. The summed E-state index contributed by atoms with van der Waals surface area (Å²) in [5.74, 6) is 0. The molecule has 2 aromatic rings. The minimum absolute atomic E-state index is 0.412. The Kier molecular flexibility index (Phi) is 4.24. The quantitative estimate of drug-likeness (QED) is 0.930. The first-order valence-corrected chi connectivity index (χ1v) is 8.13. The molecule has 1 aromatic carbocycles. The van der Waals surface area contributed by atoms with Gasteiger partial charge in [-0.15, -0.1) is 11.3 Å². The summed E-state index contributed by atoms with van der Waals surface area (Å²) in [4.78, 5) is 3.45. The smallest absolute Gasteiger partial charge is 0.379 e. The molecule has 9 heteroatoms. The molecule has 0 atom stereocenters. The van der Waals surface area contributed by atoms with Gasteiger partial charge in [0.2, 0.25) is 0 Å². The number of anilines is 1. The van der Waals surface area contributed by atoms with Crippen LogP contribution in [0.2, 0.25) is 0 Å². The largest absolute Gasteiger partial charge is 0.501 e. The summed E-state index contributed by atoms with van der Waals surface area (Å²) >= 11 is 1.49. The van der Waals surface area contributed by atoms with Gasteiger partial charge >= 0.3 is 5.51 Å². The topological polar surface area (TPSA) is 59.1 Å². The van der Waals surface area contributed by atoms with Gasteiger partial charge in [0.25, 0.3) is 9.84 Å². The van der Waals surface area contributed by atoms with Crippen molar-refractivity contribution in [3.8, 4) is 0 Å². The zero-order valence-electron chi connectivity index (χ0n) is 10.8. The van der Waals surface area contributed by atoms with Crippen LogP contribution in [0.4, 0.5) is 18.9 Å². The van der Waals surface area contributed by atoms with Crippen molar-refractivity contribution >= 4 is 26.9 Å². The van der Waals surface area contributed by atoms with Crippen molar-refractivity contribution in [3.63, 3.8) is 0 Å². The van der Waals surface area contributed by atoms with Crippen molar-refractivity contribution < 1.29 is 21.6 Å². The second-order valence-corrected chi connectivity index (χ2v) is 7.19. The van der Waals surface area contributed by atoms with Gasteiger partial charge in [-0.2, -0.15) is 13.2 Å². The minimum Gasteiger partial charge on any atom is -0.379 e. The van der Waals surface area contributed by atoms with Crippen LogP contribution in [0.1, 0.15) is 10.7 Å². The van der Waals surface area contributed by atoms with Crippen LogP contribution in [0.15, 0.2) is 34.5 Å². The van der Waals surface area contributed by atoms with E-state index in [4.69, 9.17) is 0 Å². The Bertz CT molecular complexity index is 722. The number of aromatic nitrogens is 1. The normalized spacial score (nSPS) is 12.4. The summed E-state index contributed by atoms with van der Waals surface area (Å²) in [5, 5.41) is 5.74. The van der Waals surface area contributed by atoms with Crippen LogP contribution >= 0.6 is 11.3 Å². The molecule has 0 spiro atoms. The van der Waals surface area contributed by atoms with Gasteiger partial charge in [0.05, 0.1) is 22.1 Å². The van der Waals surface area contributed by atoms with Gasteiger partial charge in [-0.3, -0.25) is 0 Å². The molecule has 0 saturated carbocycles. The Hall–Kier alpha value is -1.61. The standard InChI is InChI=1S/C12H11F3N2O2S2/c1-8-17-10(7-20-8)6-16-9-2-4-11(5-3-9)21(18,19)12(13,14)15/h2-5,7,16H,6H2,1H3. The molecule has 1 heterocycles. The van der Waals surface area contributed by atoms with E-state index in [2.05, 4.69) is 10.3 Å². The highest BCUT2D eigenvalue weighted by Gasteiger charge is 2.46. The number of nitrogens with zero attached hydrogens (tertiary/aromatic N) is 1. The summed E-state index contributed by atoms with van der Waals surface area (Å²) in [6.07, 6.45) is 0. The van der Waals surface area contributed by atoms with Crippen molar-refractivity contribution in [1.82, 2.24) is 4.98 Å². The zero-order chi connectivity index (χ0) is 15.7. The SMILES string of the molecule is Cc1nc(CNc2ccc(S(=O)(=O)C(F)(F)F)cc2)cs1. The molecule has 0 bridgehead atoms. The fourth-order valence-corrected chi connectivity index (χ4v) is 2.94. The van der Waals surface area contributed by atoms with E-state index >= 15 is 0 Å². The van der Waals surface area contributed by atoms with Gasteiger partial charge in [-0.25, -0.2) is 13.4 Å². The second-order valence-electron chi connectivity index (χ2n) is 4.18. The maximum absolute atomic E-state index is 12.4. The Morgan fingerprint density at radius 1 is 1.24 bits per heavy atom. The number of halogens is 3. The summed E-state index contributed by atoms with van der Waals surface area (Å²) in [6, 6.07) is 4.44. The van der Waals surface area contributed by atoms with Crippen molar-refractivity contribution in [2.75, 3.05) is 5.32 Å². The summed E-state index contributed by atoms with van der Waals surface area (Å²) in [7, 11) is -5.30. The third-order valence-electron chi connectivity index (χ3n) is 2.61. The van der Waals surface area contributed by atoms with Crippen LogP contribution in [-0.4, -0.2) is 18.9 Å². The van der Waals surface area contributed by atoms with Crippen molar-refractivity contribution in [2.45, 2.75) is 23.9 Å². The van der Waals surface area contributed by atoms with Gasteiger partial charge in [0, 0.05) is 11.1 Å². The lowest BCUT2D eigenvalue weighted by atomic mass is 10.3. The molecule has 0 amide bonds. The maximum atomic E-state index is 12.4. The van der Waals surface area contributed by atoms with E-state index in [1.165, 1.54) is 23.5 Å². The molecule has 1 aromatic heterocycles. The molecule has 0 fully saturated rings. The molecule has 0 aliphatic rings. The molecular weight excluding hydrogens is 325 g/mol. The van der Waals surface area contributed by atoms with Gasteiger partial charge in [-0.05, 0) is 31.2 Å². The van der Waals surface area contributed by atoms with Crippen LogP contribution in [0.25, 0.3) is 0 Å². The van der Waals surface area contributed by atoms with Gasteiger partial charge < -0.3 is 5.32 Å². The summed E-state index contributed by atoms with van der Waals surface area (Å²) in [6.45, 7) is 2.28. The van der Waals surface area contributed by atoms with E-state index in [0.717, 1.165) is 22.8 Å². The number of alkyl halides is 3. The number of benzene rings is 1. The van der Waals surface area contributed by atoms with E-state index < -0.39 is 20.2 Å². The van der Waals surface area contributed by atoms with E-state index in [0.29, 0.717) is 12.2 Å². The third kappa shape index (κ3) is 3.53. The van der Waals surface area contributed by atoms with Crippen LogP contribution < -0.4 is 5.32 Å². The molecule has 21 heavy (non-hydrogen) atoms. The number of hydrogen-bond donors (Lipinski definition) is 1. The molecule has 0 unspecified atom stereocenters. The van der Waals surface area contributed by atoms with Gasteiger partial charge in [-0.1, -0.05) is 0 Å². The second kappa shape index (κ2) is 5.64. The molecule has 114 valence electrons. The van der Waals surface area contributed by atoms with E-state index in [1.807, 2.05) is 12.3 Å². The van der Waals surface area contributed by atoms with Crippen LogP contribution in [0.3, 0.4) is 0 Å². The van der Waals surface area contributed by atoms with Crippen molar-refractivity contribution in [1.29, 1.82) is 0 Å². The first-order valence-electron chi connectivity index (χ1n) is 5.76. The molecule has 2 rings (SSSR count). The predicted molar refractivity (Wildman–Crippen MR) is 73.9 cm³/mol. The Morgan fingerprint density at radius 3 is 2.33 bits per heavy atom. The Labute approximate surface area is 123 Å². The van der Waals surface area contributed by atoms with E-state index in [-0.39, 0.29) is 0 Å². The number of thiazole rings is 1. The lowest BCUT2D eigenvalue weighted by molar-refractivity contribution is -0.0436. The molecule has 0 aliphatic carbocycles. The lowest BCUT2D eigenvalue weighted by Crippen LogP contribution is -2.23. The minimum atomic E-state index is -5.30.